The molecule has 136 valence electrons. The predicted molar refractivity (Wildman–Crippen MR) is 101 cm³/mol. The number of ether oxygens (including phenoxy) is 2. The fourth-order valence-corrected chi connectivity index (χ4v) is 3.56. The van der Waals surface area contributed by atoms with E-state index in [1.807, 2.05) is 6.07 Å². The smallest absolute Gasteiger partial charge is 0.291 e. The van der Waals surface area contributed by atoms with Crippen molar-refractivity contribution in [2.75, 3.05) is 14.2 Å². The van der Waals surface area contributed by atoms with Crippen LogP contribution in [0, 0.1) is 5.82 Å². The van der Waals surface area contributed by atoms with E-state index >= 15 is 0 Å². The number of nitrogens with zero attached hydrogens (tertiary/aromatic N) is 3. The van der Waals surface area contributed by atoms with Crippen molar-refractivity contribution in [3.05, 3.63) is 68.7 Å². The molecule has 0 amide bonds. The Morgan fingerprint density at radius 1 is 1.07 bits per heavy atom. The van der Waals surface area contributed by atoms with Gasteiger partial charge in [-0.15, -0.1) is 5.10 Å². The van der Waals surface area contributed by atoms with Gasteiger partial charge >= 0.3 is 0 Å². The number of methoxy groups -OCH3 is 2. The zero-order chi connectivity index (χ0) is 19.0. The summed E-state index contributed by atoms with van der Waals surface area (Å²) in [7, 11) is 3.12. The van der Waals surface area contributed by atoms with Crippen molar-refractivity contribution in [1.82, 2.24) is 14.6 Å². The minimum Gasteiger partial charge on any atom is -0.493 e. The van der Waals surface area contributed by atoms with Crippen LogP contribution in [0.1, 0.15) is 5.56 Å². The number of rotatable bonds is 4. The Labute approximate surface area is 157 Å². The molecular formula is C19H14FN3O3S. The van der Waals surface area contributed by atoms with Gasteiger partial charge in [0.1, 0.15) is 5.82 Å². The van der Waals surface area contributed by atoms with Crippen molar-refractivity contribution in [3.8, 4) is 22.9 Å². The molecule has 2 heterocycles. The van der Waals surface area contributed by atoms with Crippen molar-refractivity contribution in [1.29, 1.82) is 0 Å². The number of thiazole rings is 1. The maximum Gasteiger partial charge on any atom is 0.291 e. The third kappa shape index (κ3) is 3.15. The molecule has 0 fully saturated rings. The minimum atomic E-state index is -0.337. The van der Waals surface area contributed by atoms with Crippen molar-refractivity contribution < 1.29 is 13.9 Å². The van der Waals surface area contributed by atoms with Crippen LogP contribution in [-0.4, -0.2) is 28.8 Å². The fraction of sp³-hybridized carbons (Fsp3) is 0.105. The van der Waals surface area contributed by atoms with Crippen LogP contribution in [-0.2, 0) is 0 Å². The summed E-state index contributed by atoms with van der Waals surface area (Å²) in [5.74, 6) is 1.24. The molecule has 0 spiro atoms. The second kappa shape index (κ2) is 6.81. The first-order valence-corrected chi connectivity index (χ1v) is 8.80. The molecule has 0 N–H and O–H groups in total. The molecule has 0 aliphatic heterocycles. The molecule has 4 rings (SSSR count). The van der Waals surface area contributed by atoms with Gasteiger partial charge in [-0.05, 0) is 48.0 Å². The number of aromatic nitrogens is 3. The van der Waals surface area contributed by atoms with Crippen LogP contribution in [0.25, 0.3) is 22.4 Å². The summed E-state index contributed by atoms with van der Waals surface area (Å²) in [6.07, 6.45) is 1.75. The van der Waals surface area contributed by atoms with E-state index in [1.54, 1.807) is 44.6 Å². The number of hydrogen-bond donors (Lipinski definition) is 0. The molecule has 6 nitrogen and oxygen atoms in total. The molecule has 0 saturated heterocycles. The quantitative estimate of drug-likeness (QED) is 0.542. The fourth-order valence-electron chi connectivity index (χ4n) is 2.65. The van der Waals surface area contributed by atoms with E-state index in [0.29, 0.717) is 32.4 Å². The van der Waals surface area contributed by atoms with E-state index in [0.717, 1.165) is 5.56 Å². The zero-order valence-electron chi connectivity index (χ0n) is 14.5. The second-order valence-electron chi connectivity index (χ2n) is 5.67. The summed E-state index contributed by atoms with van der Waals surface area (Å²) in [5.41, 5.74) is 1.19. The van der Waals surface area contributed by atoms with E-state index < -0.39 is 0 Å². The van der Waals surface area contributed by atoms with Gasteiger partial charge in [-0.2, -0.15) is 9.50 Å². The molecule has 0 aliphatic carbocycles. The number of fused-ring (bicyclic) bond motifs is 1. The van der Waals surface area contributed by atoms with Crippen LogP contribution < -0.4 is 19.6 Å². The van der Waals surface area contributed by atoms with Gasteiger partial charge in [0.15, 0.2) is 17.3 Å². The van der Waals surface area contributed by atoms with Gasteiger partial charge in [0.25, 0.3) is 5.56 Å². The minimum absolute atomic E-state index is 0.259. The Morgan fingerprint density at radius 3 is 2.48 bits per heavy atom. The average Bonchev–Trinajstić information content (AvgIpc) is 3.22. The van der Waals surface area contributed by atoms with Crippen LogP contribution in [0.2, 0.25) is 0 Å². The Balaban J connectivity index is 1.76. The highest BCUT2D eigenvalue weighted by Crippen LogP contribution is 2.27. The summed E-state index contributed by atoms with van der Waals surface area (Å²) in [6, 6.07) is 11.2. The molecule has 0 aliphatic rings. The van der Waals surface area contributed by atoms with Crippen LogP contribution in [0.15, 0.2) is 47.3 Å². The number of halogens is 1. The highest BCUT2D eigenvalue weighted by molar-refractivity contribution is 7.15. The largest absolute Gasteiger partial charge is 0.493 e. The van der Waals surface area contributed by atoms with Crippen LogP contribution in [0.3, 0.4) is 0 Å². The Morgan fingerprint density at radius 2 is 1.81 bits per heavy atom. The molecule has 0 atom stereocenters. The lowest BCUT2D eigenvalue weighted by molar-refractivity contribution is 0.355. The summed E-state index contributed by atoms with van der Waals surface area (Å²) >= 11 is 1.24. The van der Waals surface area contributed by atoms with E-state index in [1.165, 1.54) is 28.0 Å². The zero-order valence-corrected chi connectivity index (χ0v) is 15.3. The van der Waals surface area contributed by atoms with Gasteiger partial charge < -0.3 is 9.47 Å². The first kappa shape index (κ1) is 17.2. The molecule has 0 radical (unpaired) electrons. The van der Waals surface area contributed by atoms with E-state index in [-0.39, 0.29) is 11.4 Å². The molecule has 2 aromatic carbocycles. The van der Waals surface area contributed by atoms with Crippen LogP contribution in [0.5, 0.6) is 11.5 Å². The Hall–Kier alpha value is -3.26. The van der Waals surface area contributed by atoms with Gasteiger partial charge in [-0.25, -0.2) is 4.39 Å². The van der Waals surface area contributed by atoms with Crippen molar-refractivity contribution in [2.24, 2.45) is 0 Å². The molecule has 8 heteroatoms. The first-order chi connectivity index (χ1) is 13.1. The van der Waals surface area contributed by atoms with Gasteiger partial charge in [0, 0.05) is 5.56 Å². The summed E-state index contributed by atoms with van der Waals surface area (Å²) in [4.78, 5) is 17.5. The maximum absolute atomic E-state index is 13.1. The lowest BCUT2D eigenvalue weighted by Crippen LogP contribution is -2.23. The second-order valence-corrected chi connectivity index (χ2v) is 6.68. The highest BCUT2D eigenvalue weighted by Gasteiger charge is 2.12. The van der Waals surface area contributed by atoms with Crippen molar-refractivity contribution >= 4 is 22.4 Å². The van der Waals surface area contributed by atoms with Gasteiger partial charge in [-0.1, -0.05) is 17.4 Å². The Bertz CT molecular complexity index is 1230. The van der Waals surface area contributed by atoms with Gasteiger partial charge in [0.2, 0.25) is 4.96 Å². The van der Waals surface area contributed by atoms with Gasteiger partial charge in [-0.3, -0.25) is 4.79 Å². The van der Waals surface area contributed by atoms with E-state index in [4.69, 9.17) is 9.47 Å². The molecule has 0 unspecified atom stereocenters. The molecule has 0 bridgehead atoms. The molecule has 2 aromatic heterocycles. The number of hydrogen-bond acceptors (Lipinski definition) is 6. The Kier molecular flexibility index (Phi) is 4.33. The normalized spacial score (nSPS) is 11.9. The lowest BCUT2D eigenvalue weighted by atomic mass is 10.2. The van der Waals surface area contributed by atoms with Crippen molar-refractivity contribution in [3.63, 3.8) is 0 Å². The monoisotopic (exact) mass is 383 g/mol. The molecule has 27 heavy (non-hydrogen) atoms. The molecule has 0 saturated carbocycles. The average molecular weight is 383 g/mol. The summed E-state index contributed by atoms with van der Waals surface area (Å²) in [6.45, 7) is 0. The predicted octanol–water partition coefficient (Wildman–Crippen LogP) is 2.52. The third-order valence-electron chi connectivity index (χ3n) is 3.99. The third-order valence-corrected chi connectivity index (χ3v) is 4.95. The van der Waals surface area contributed by atoms with Crippen LogP contribution >= 0.6 is 11.3 Å². The summed E-state index contributed by atoms with van der Waals surface area (Å²) in [5, 5.41) is 4.25. The molecule has 4 aromatic rings. The maximum atomic E-state index is 13.1. The van der Waals surface area contributed by atoms with E-state index in [2.05, 4.69) is 10.1 Å². The SMILES string of the molecule is COc1ccc(/C=c2\sc3nc(-c4ccc(F)cc4)nn3c2=O)cc1OC. The van der Waals surface area contributed by atoms with Gasteiger partial charge in [0.05, 0.1) is 18.8 Å². The molecular weight excluding hydrogens is 369 g/mol. The standard InChI is InChI=1S/C19H14FN3O3S/c1-25-14-8-3-11(9-15(14)26-2)10-16-18(24)23-19(27-16)21-17(22-23)12-4-6-13(20)7-5-12/h3-10H,1-2H3/b16-10-. The topological polar surface area (TPSA) is 65.7 Å². The van der Waals surface area contributed by atoms with Crippen molar-refractivity contribution in [2.45, 2.75) is 0 Å². The number of benzene rings is 2. The first-order valence-electron chi connectivity index (χ1n) is 7.98. The van der Waals surface area contributed by atoms with Crippen LogP contribution in [0.4, 0.5) is 4.39 Å². The lowest BCUT2D eigenvalue weighted by Gasteiger charge is -2.07. The summed E-state index contributed by atoms with van der Waals surface area (Å²) < 4.78 is 25.3. The highest BCUT2D eigenvalue weighted by atomic mass is 32.1. The van der Waals surface area contributed by atoms with E-state index in [9.17, 15) is 9.18 Å².